The molecule has 2 unspecified atom stereocenters. The van der Waals surface area contributed by atoms with E-state index in [0.29, 0.717) is 0 Å². The maximum absolute atomic E-state index is 5.93. The summed E-state index contributed by atoms with van der Waals surface area (Å²) >= 11 is 0. The summed E-state index contributed by atoms with van der Waals surface area (Å²) in [5.74, 6) is 4.07. The van der Waals surface area contributed by atoms with E-state index in [9.17, 15) is 0 Å². The lowest BCUT2D eigenvalue weighted by Crippen LogP contribution is -2.49. The van der Waals surface area contributed by atoms with Crippen LogP contribution in [0.5, 0.6) is 0 Å². The molecule has 0 aromatic carbocycles. The third-order valence-electron chi connectivity index (χ3n) is 7.54. The average Bonchev–Trinajstić information content (AvgIpc) is 2.45. The van der Waals surface area contributed by atoms with Crippen LogP contribution in [-0.4, -0.2) is 30.6 Å². The maximum atomic E-state index is 5.93. The maximum Gasteiger partial charge on any atom is 0.00671 e. The van der Waals surface area contributed by atoms with E-state index in [0.717, 1.165) is 41.7 Å². The van der Waals surface area contributed by atoms with E-state index >= 15 is 0 Å². The van der Waals surface area contributed by atoms with Gasteiger partial charge in [0.2, 0.25) is 0 Å². The molecule has 0 radical (unpaired) electrons. The normalized spacial score (nSPS) is 49.7. The van der Waals surface area contributed by atoms with Gasteiger partial charge in [-0.05, 0) is 107 Å². The summed E-state index contributed by atoms with van der Waals surface area (Å²) in [7, 11) is 0. The lowest BCUT2D eigenvalue weighted by molar-refractivity contribution is -0.0639. The Balaban J connectivity index is 1.38. The number of nitrogens with zero attached hydrogens (tertiary/aromatic N) is 1. The molecule has 0 aromatic rings. The quantitative estimate of drug-likeness (QED) is 0.856. The molecule has 2 heteroatoms. The van der Waals surface area contributed by atoms with Crippen molar-refractivity contribution in [2.75, 3.05) is 19.6 Å². The van der Waals surface area contributed by atoms with Crippen LogP contribution >= 0.6 is 0 Å². The van der Waals surface area contributed by atoms with Crippen molar-refractivity contribution in [2.45, 2.75) is 70.8 Å². The van der Waals surface area contributed by atoms with Gasteiger partial charge < -0.3 is 10.6 Å². The zero-order chi connectivity index (χ0) is 14.4. The van der Waals surface area contributed by atoms with Gasteiger partial charge in [-0.25, -0.2) is 0 Å². The van der Waals surface area contributed by atoms with Gasteiger partial charge in [0, 0.05) is 12.6 Å². The first kappa shape index (κ1) is 14.5. The standard InChI is InChI=1S/C19H34N2/c1-14-2-3-15(12-20)13-21(14)5-4-19-9-16-6-17(10-19)8-18(7-16)11-19/h14-18H,2-13,20H2,1H3. The summed E-state index contributed by atoms with van der Waals surface area (Å²) in [4.78, 5) is 2.78. The van der Waals surface area contributed by atoms with Crippen molar-refractivity contribution in [3.8, 4) is 0 Å². The van der Waals surface area contributed by atoms with Gasteiger partial charge in [-0.1, -0.05) is 0 Å². The summed E-state index contributed by atoms with van der Waals surface area (Å²) in [6.45, 7) is 5.95. The Kier molecular flexibility index (Phi) is 3.82. The summed E-state index contributed by atoms with van der Waals surface area (Å²) in [6.07, 6.45) is 13.6. The minimum Gasteiger partial charge on any atom is -0.330 e. The second-order valence-electron chi connectivity index (χ2n) is 9.19. The number of piperidine rings is 1. The highest BCUT2D eigenvalue weighted by molar-refractivity contribution is 5.01. The molecule has 2 nitrogen and oxygen atoms in total. The number of nitrogens with two attached hydrogens (primary N) is 1. The smallest absolute Gasteiger partial charge is 0.00671 e. The van der Waals surface area contributed by atoms with Gasteiger partial charge in [-0.3, -0.25) is 0 Å². The third-order valence-corrected chi connectivity index (χ3v) is 7.54. The van der Waals surface area contributed by atoms with E-state index < -0.39 is 0 Å². The van der Waals surface area contributed by atoms with E-state index in [-0.39, 0.29) is 0 Å². The molecule has 1 aliphatic heterocycles. The highest BCUT2D eigenvalue weighted by atomic mass is 15.2. The first-order valence-electron chi connectivity index (χ1n) is 9.60. The first-order chi connectivity index (χ1) is 10.2. The molecule has 4 bridgehead atoms. The zero-order valence-electron chi connectivity index (χ0n) is 13.9. The van der Waals surface area contributed by atoms with Crippen molar-refractivity contribution in [3.63, 3.8) is 0 Å². The molecule has 21 heavy (non-hydrogen) atoms. The number of hydrogen-bond donors (Lipinski definition) is 1. The Morgan fingerprint density at radius 2 is 1.62 bits per heavy atom. The van der Waals surface area contributed by atoms with Gasteiger partial charge in [0.05, 0.1) is 0 Å². The molecule has 1 saturated heterocycles. The largest absolute Gasteiger partial charge is 0.330 e. The van der Waals surface area contributed by atoms with E-state index in [4.69, 9.17) is 5.73 Å². The highest BCUT2D eigenvalue weighted by Crippen LogP contribution is 2.61. The molecule has 4 aliphatic carbocycles. The van der Waals surface area contributed by atoms with Crippen LogP contribution in [0.15, 0.2) is 0 Å². The number of likely N-dealkylation sites (tertiary alicyclic amines) is 1. The summed E-state index contributed by atoms with van der Waals surface area (Å²) in [5, 5.41) is 0. The molecule has 5 rings (SSSR count). The molecule has 5 fully saturated rings. The molecule has 2 N–H and O–H groups in total. The number of hydrogen-bond acceptors (Lipinski definition) is 2. The molecule has 1 heterocycles. The fourth-order valence-corrected chi connectivity index (χ4v) is 6.74. The van der Waals surface area contributed by atoms with Crippen molar-refractivity contribution in [3.05, 3.63) is 0 Å². The molecule has 0 spiro atoms. The van der Waals surface area contributed by atoms with Crippen LogP contribution in [-0.2, 0) is 0 Å². The Labute approximate surface area is 130 Å². The van der Waals surface area contributed by atoms with E-state index in [2.05, 4.69) is 11.8 Å². The van der Waals surface area contributed by atoms with Gasteiger partial charge in [0.25, 0.3) is 0 Å². The SMILES string of the molecule is CC1CCC(CN)CN1CCC12CC3CC(CC(C3)C1)C2. The van der Waals surface area contributed by atoms with E-state index in [1.165, 1.54) is 32.4 Å². The Hall–Kier alpha value is -0.0800. The molecule has 2 atom stereocenters. The minimum atomic E-state index is 0.754. The molecular formula is C19H34N2. The Morgan fingerprint density at radius 3 is 2.19 bits per heavy atom. The zero-order valence-corrected chi connectivity index (χ0v) is 13.9. The van der Waals surface area contributed by atoms with Gasteiger partial charge in [-0.15, -0.1) is 0 Å². The lowest BCUT2D eigenvalue weighted by atomic mass is 9.49. The first-order valence-corrected chi connectivity index (χ1v) is 9.60. The Morgan fingerprint density at radius 1 is 1.00 bits per heavy atom. The predicted molar refractivity (Wildman–Crippen MR) is 88.0 cm³/mol. The highest BCUT2D eigenvalue weighted by Gasteiger charge is 2.50. The van der Waals surface area contributed by atoms with E-state index in [1.807, 2.05) is 0 Å². The molecular weight excluding hydrogens is 256 g/mol. The van der Waals surface area contributed by atoms with Crippen LogP contribution in [0.1, 0.15) is 64.7 Å². The monoisotopic (exact) mass is 290 g/mol. The second-order valence-corrected chi connectivity index (χ2v) is 9.19. The van der Waals surface area contributed by atoms with Crippen LogP contribution in [0.3, 0.4) is 0 Å². The van der Waals surface area contributed by atoms with Crippen molar-refractivity contribution in [1.82, 2.24) is 4.90 Å². The van der Waals surface area contributed by atoms with Crippen molar-refractivity contribution >= 4 is 0 Å². The van der Waals surface area contributed by atoms with Crippen LogP contribution in [0.4, 0.5) is 0 Å². The second kappa shape index (κ2) is 5.53. The van der Waals surface area contributed by atoms with Gasteiger partial charge in [0.15, 0.2) is 0 Å². The molecule has 0 amide bonds. The fraction of sp³-hybridized carbons (Fsp3) is 1.00. The predicted octanol–water partition coefficient (Wildman–Crippen LogP) is 3.65. The summed E-state index contributed by atoms with van der Waals surface area (Å²) in [6, 6.07) is 0.793. The number of rotatable bonds is 4. The topological polar surface area (TPSA) is 29.3 Å². The average molecular weight is 290 g/mol. The fourth-order valence-electron chi connectivity index (χ4n) is 6.74. The molecule has 120 valence electrons. The molecule has 5 aliphatic rings. The van der Waals surface area contributed by atoms with Crippen LogP contribution in [0.2, 0.25) is 0 Å². The van der Waals surface area contributed by atoms with Gasteiger partial charge in [0.1, 0.15) is 0 Å². The van der Waals surface area contributed by atoms with Gasteiger partial charge in [-0.2, -0.15) is 0 Å². The van der Waals surface area contributed by atoms with E-state index in [1.54, 1.807) is 38.5 Å². The van der Waals surface area contributed by atoms with Crippen molar-refractivity contribution < 1.29 is 0 Å². The van der Waals surface area contributed by atoms with Crippen molar-refractivity contribution in [2.24, 2.45) is 34.8 Å². The third kappa shape index (κ3) is 2.79. The minimum absolute atomic E-state index is 0.754. The molecule has 0 aromatic heterocycles. The van der Waals surface area contributed by atoms with Gasteiger partial charge >= 0.3 is 0 Å². The van der Waals surface area contributed by atoms with Crippen molar-refractivity contribution in [1.29, 1.82) is 0 Å². The summed E-state index contributed by atoms with van der Waals surface area (Å²) in [5.41, 5.74) is 6.68. The van der Waals surface area contributed by atoms with Crippen LogP contribution < -0.4 is 5.73 Å². The molecule has 4 saturated carbocycles. The Bertz CT molecular complexity index is 342. The summed E-state index contributed by atoms with van der Waals surface area (Å²) < 4.78 is 0. The van der Waals surface area contributed by atoms with Crippen LogP contribution in [0, 0.1) is 29.1 Å². The van der Waals surface area contributed by atoms with Crippen LogP contribution in [0.25, 0.3) is 0 Å². The lowest BCUT2D eigenvalue weighted by Gasteiger charge is -2.57.